The van der Waals surface area contributed by atoms with Crippen molar-refractivity contribution in [2.75, 3.05) is 46.1 Å². The number of piperidine rings is 2. The fourth-order valence-corrected chi connectivity index (χ4v) is 12.7. The van der Waals surface area contributed by atoms with Gasteiger partial charge in [0.15, 0.2) is 0 Å². The van der Waals surface area contributed by atoms with Gasteiger partial charge in [0, 0.05) is 68.6 Å². The van der Waals surface area contributed by atoms with Crippen molar-refractivity contribution < 1.29 is 47.7 Å². The van der Waals surface area contributed by atoms with Crippen LogP contribution >= 0.6 is 0 Å². The molecule has 4 atom stereocenters. The zero-order valence-electron chi connectivity index (χ0n) is 45.4. The third-order valence-corrected chi connectivity index (χ3v) is 15.8. The fourth-order valence-electron chi connectivity index (χ4n) is 12.7. The van der Waals surface area contributed by atoms with Gasteiger partial charge in [-0.15, -0.1) is 0 Å². The SMILES string of the molecule is CC(=O)OCC1c2ccccc2-c2ccccc21.CCOC(=O)N1C2CCC1CC(CCCNC(=O)OC(C)(C)C)C2.CCOC(=O)N1C2CCC1CC(N(CCN)C(=O)OCC1c3ccccc3-c3ccccc31)C2. The first-order chi connectivity index (χ1) is 36.7. The lowest BCUT2D eigenvalue weighted by Gasteiger charge is -2.42. The molecule has 4 aromatic rings. The van der Waals surface area contributed by atoms with E-state index in [0.29, 0.717) is 64.1 Å². The number of hydrogen-bond donors (Lipinski definition) is 2. The second-order valence-corrected chi connectivity index (χ2v) is 21.8. The number of nitrogens with zero attached hydrogens (tertiary/aromatic N) is 3. The minimum Gasteiger partial charge on any atom is -0.465 e. The smallest absolute Gasteiger partial charge is 0.410 e. The van der Waals surface area contributed by atoms with Crippen molar-refractivity contribution in [3.8, 4) is 22.3 Å². The molecule has 0 saturated carbocycles. The molecule has 10 rings (SSSR count). The van der Waals surface area contributed by atoms with E-state index in [1.165, 1.54) is 51.4 Å². The summed E-state index contributed by atoms with van der Waals surface area (Å²) in [5.74, 6) is 0.602. The predicted molar refractivity (Wildman–Crippen MR) is 292 cm³/mol. The number of rotatable bonds is 13. The number of fused-ring (bicyclic) bond motifs is 10. The standard InChI is InChI=1S/C27H33N3O4.C18H32N2O4.C16H14O2/c1-2-33-27(32)30-18-11-12-19(30)16-20(15-18)29(14-13-28)26(31)34-17-25-23-9-5-3-7-21(23)22-8-4-6-10-24(22)25;1-5-23-17(22)20-14-8-9-15(20)12-13(11-14)7-6-10-19-16(21)24-18(2,3)4;1-11(17)18-10-16-14-8-4-2-6-12(14)13-7-3-5-9-15(13)16/h3-10,18-20,25H,2,11-17,28H2,1H3;13-15H,5-12H2,1-4H3,(H,19,21);2-9,16H,10H2,1H3. The van der Waals surface area contributed by atoms with Gasteiger partial charge in [-0.05, 0) is 149 Å². The summed E-state index contributed by atoms with van der Waals surface area (Å²) in [7, 11) is 0. The average Bonchev–Trinajstić information content (AvgIpc) is 4.08. The summed E-state index contributed by atoms with van der Waals surface area (Å²) in [5.41, 5.74) is 15.3. The first-order valence-corrected chi connectivity index (χ1v) is 27.7. The third kappa shape index (κ3) is 13.1. The maximum atomic E-state index is 13.3. The summed E-state index contributed by atoms with van der Waals surface area (Å²) in [6, 6.07) is 34.2. The molecule has 4 bridgehead atoms. The van der Waals surface area contributed by atoms with Crippen LogP contribution in [0.2, 0.25) is 0 Å². The van der Waals surface area contributed by atoms with Crippen molar-refractivity contribution in [3.05, 3.63) is 119 Å². The van der Waals surface area contributed by atoms with E-state index in [1.807, 2.05) is 92.9 Å². The van der Waals surface area contributed by atoms with Crippen molar-refractivity contribution in [2.24, 2.45) is 11.7 Å². The minimum atomic E-state index is -0.455. The van der Waals surface area contributed by atoms with E-state index in [4.69, 9.17) is 29.4 Å². The van der Waals surface area contributed by atoms with E-state index in [9.17, 15) is 24.0 Å². The number of nitrogens with one attached hydrogen (secondary N) is 1. The summed E-state index contributed by atoms with van der Waals surface area (Å²) >= 11 is 0. The van der Waals surface area contributed by atoms with Gasteiger partial charge in [-0.2, -0.15) is 0 Å². The summed E-state index contributed by atoms with van der Waals surface area (Å²) in [6.07, 6.45) is 8.65. The van der Waals surface area contributed by atoms with Gasteiger partial charge in [-0.1, -0.05) is 97.1 Å². The first kappa shape index (κ1) is 55.6. The van der Waals surface area contributed by atoms with E-state index in [-0.39, 0.29) is 60.3 Å². The molecule has 3 N–H and O–H groups in total. The Morgan fingerprint density at radius 2 is 1.01 bits per heavy atom. The van der Waals surface area contributed by atoms with Gasteiger partial charge in [0.2, 0.25) is 0 Å². The lowest BCUT2D eigenvalue weighted by Crippen LogP contribution is -2.54. The molecule has 15 heteroatoms. The van der Waals surface area contributed by atoms with E-state index < -0.39 is 5.60 Å². The Hall–Kier alpha value is -6.61. The molecule has 0 spiro atoms. The van der Waals surface area contributed by atoms with Crippen LogP contribution in [0.5, 0.6) is 0 Å². The van der Waals surface area contributed by atoms with Gasteiger partial charge in [0.1, 0.15) is 18.8 Å². The number of alkyl carbamates (subject to hydrolysis) is 1. The van der Waals surface area contributed by atoms with Crippen LogP contribution in [-0.2, 0) is 28.5 Å². The Morgan fingerprint density at radius 1 is 0.605 bits per heavy atom. The second kappa shape index (κ2) is 25.5. The highest BCUT2D eigenvalue weighted by atomic mass is 16.6. The summed E-state index contributed by atoms with van der Waals surface area (Å²) in [6.45, 7) is 13.7. The molecule has 4 unspecified atom stereocenters. The van der Waals surface area contributed by atoms with Crippen LogP contribution < -0.4 is 11.1 Å². The molecule has 4 fully saturated rings. The lowest BCUT2D eigenvalue weighted by molar-refractivity contribution is -0.141. The molecule has 4 aromatic carbocycles. The number of esters is 1. The van der Waals surface area contributed by atoms with E-state index >= 15 is 0 Å². The summed E-state index contributed by atoms with van der Waals surface area (Å²) < 4.78 is 26.8. The molecule has 6 aliphatic rings. The average molecular weight is 1040 g/mol. The number of hydrogen-bond acceptors (Lipinski definition) is 11. The third-order valence-electron chi connectivity index (χ3n) is 15.8. The fraction of sp³-hybridized carbons (Fsp3) is 0.525. The molecule has 2 aliphatic carbocycles. The Bertz CT molecular complexity index is 2530. The molecular formula is C61H79N5O10. The van der Waals surface area contributed by atoms with E-state index in [1.54, 1.807) is 4.90 Å². The molecule has 15 nitrogen and oxygen atoms in total. The molecule has 4 amide bonds. The molecule has 76 heavy (non-hydrogen) atoms. The second-order valence-electron chi connectivity index (χ2n) is 21.8. The van der Waals surface area contributed by atoms with Crippen LogP contribution in [0.15, 0.2) is 97.1 Å². The highest BCUT2D eigenvalue weighted by Crippen LogP contribution is 2.46. The summed E-state index contributed by atoms with van der Waals surface area (Å²) in [5, 5.41) is 2.81. The van der Waals surface area contributed by atoms with Gasteiger partial charge >= 0.3 is 30.3 Å². The van der Waals surface area contributed by atoms with Gasteiger partial charge in [-0.25, -0.2) is 19.2 Å². The highest BCUT2D eigenvalue weighted by Gasteiger charge is 2.47. The van der Waals surface area contributed by atoms with Crippen LogP contribution in [0.1, 0.15) is 140 Å². The quantitative estimate of drug-likeness (QED) is 0.0739. The van der Waals surface area contributed by atoms with Gasteiger partial charge in [0.05, 0.1) is 13.2 Å². The highest BCUT2D eigenvalue weighted by molar-refractivity contribution is 5.80. The van der Waals surface area contributed by atoms with Crippen molar-refractivity contribution in [1.82, 2.24) is 20.0 Å². The number of ether oxygens (including phenoxy) is 5. The number of benzene rings is 4. The van der Waals surface area contributed by atoms with Crippen LogP contribution in [0.25, 0.3) is 22.3 Å². The Kier molecular flexibility index (Phi) is 18.7. The Morgan fingerprint density at radius 3 is 1.41 bits per heavy atom. The number of carbonyl (C=O) groups excluding carboxylic acids is 5. The monoisotopic (exact) mass is 1040 g/mol. The first-order valence-electron chi connectivity index (χ1n) is 27.7. The van der Waals surface area contributed by atoms with Crippen LogP contribution in [0.3, 0.4) is 0 Å². The zero-order chi connectivity index (χ0) is 53.9. The molecule has 4 heterocycles. The number of nitrogens with two attached hydrogens (primary N) is 1. The molecule has 408 valence electrons. The van der Waals surface area contributed by atoms with E-state index in [0.717, 1.165) is 64.2 Å². The maximum Gasteiger partial charge on any atom is 0.410 e. The van der Waals surface area contributed by atoms with Crippen molar-refractivity contribution in [3.63, 3.8) is 0 Å². The molecule has 0 radical (unpaired) electrons. The van der Waals surface area contributed by atoms with Gasteiger partial charge < -0.3 is 49.4 Å². The molecule has 4 saturated heterocycles. The van der Waals surface area contributed by atoms with Gasteiger partial charge in [-0.3, -0.25) is 4.79 Å². The maximum absolute atomic E-state index is 13.3. The predicted octanol–water partition coefficient (Wildman–Crippen LogP) is 11.4. The largest absolute Gasteiger partial charge is 0.465 e. The Balaban J connectivity index is 0.000000160. The topological polar surface area (TPSA) is 179 Å². The zero-order valence-corrected chi connectivity index (χ0v) is 45.4. The van der Waals surface area contributed by atoms with Crippen molar-refractivity contribution in [1.29, 1.82) is 0 Å². The number of carbonyl (C=O) groups is 5. The van der Waals surface area contributed by atoms with Crippen LogP contribution in [-0.4, -0.2) is 127 Å². The summed E-state index contributed by atoms with van der Waals surface area (Å²) in [4.78, 5) is 66.1. The van der Waals surface area contributed by atoms with E-state index in [2.05, 4.69) is 53.8 Å². The molecular weight excluding hydrogens is 963 g/mol. The van der Waals surface area contributed by atoms with Gasteiger partial charge in [0.25, 0.3) is 0 Å². The Labute approximate surface area is 449 Å². The lowest BCUT2D eigenvalue weighted by atomic mass is 9.87. The molecule has 0 aromatic heterocycles. The van der Waals surface area contributed by atoms with Crippen LogP contribution in [0.4, 0.5) is 19.2 Å². The minimum absolute atomic E-state index is 0.0161. The van der Waals surface area contributed by atoms with Crippen molar-refractivity contribution >= 4 is 30.3 Å². The van der Waals surface area contributed by atoms with Crippen molar-refractivity contribution in [2.45, 2.75) is 153 Å². The normalized spacial score (nSPS) is 21.5. The van der Waals surface area contributed by atoms with Crippen LogP contribution in [0, 0.1) is 5.92 Å². The molecule has 4 aliphatic heterocycles. The number of amides is 4.